The highest BCUT2D eigenvalue weighted by molar-refractivity contribution is 14.0. The molecular weight excluding hydrogens is 492 g/mol. The fourth-order valence-electron chi connectivity index (χ4n) is 3.80. The third kappa shape index (κ3) is 6.57. The van der Waals surface area contributed by atoms with Gasteiger partial charge in [0.1, 0.15) is 5.82 Å². The quantitative estimate of drug-likeness (QED) is 0.351. The Morgan fingerprint density at radius 2 is 2.00 bits per heavy atom. The maximum absolute atomic E-state index is 13.9. The molecule has 0 radical (unpaired) electrons. The predicted octanol–water partition coefficient (Wildman–Crippen LogP) is 3.73. The highest BCUT2D eigenvalue weighted by Gasteiger charge is 2.28. The Balaban J connectivity index is 0.00000280. The molecule has 1 saturated carbocycles. The molecule has 1 aliphatic carbocycles. The van der Waals surface area contributed by atoms with Crippen LogP contribution in [0.3, 0.4) is 0 Å². The molecule has 3 rings (SSSR count). The highest BCUT2D eigenvalue weighted by atomic mass is 127. The number of rotatable bonds is 5. The van der Waals surface area contributed by atoms with E-state index in [1.54, 1.807) is 19.1 Å². The van der Waals surface area contributed by atoms with Gasteiger partial charge in [-0.3, -0.25) is 4.99 Å². The number of guanidine groups is 1. The summed E-state index contributed by atoms with van der Waals surface area (Å²) >= 11 is 0. The summed E-state index contributed by atoms with van der Waals surface area (Å²) in [7, 11) is -2.89. The molecular formula is C20H31FIN3O2S. The van der Waals surface area contributed by atoms with Gasteiger partial charge >= 0.3 is 0 Å². The summed E-state index contributed by atoms with van der Waals surface area (Å²) in [5.41, 5.74) is 1.49. The molecule has 1 aromatic carbocycles. The molecule has 28 heavy (non-hydrogen) atoms. The maximum atomic E-state index is 13.9. The Labute approximate surface area is 184 Å². The number of halogens is 2. The normalized spacial score (nSPS) is 23.2. The number of nitrogens with one attached hydrogen (secondary N) is 2. The second-order valence-corrected chi connectivity index (χ2v) is 10.2. The topological polar surface area (TPSA) is 70.6 Å². The summed E-state index contributed by atoms with van der Waals surface area (Å²) in [6, 6.07) is 5.56. The Hall–Kier alpha value is -0.900. The first-order valence-corrected chi connectivity index (χ1v) is 11.7. The molecule has 158 valence electrons. The molecule has 0 spiro atoms. The van der Waals surface area contributed by atoms with E-state index in [4.69, 9.17) is 0 Å². The summed E-state index contributed by atoms with van der Waals surface area (Å²) in [5.74, 6) is 1.07. The number of aryl methyl sites for hydroxylation is 1. The number of hydrogen-bond donors (Lipinski definition) is 2. The Morgan fingerprint density at radius 1 is 1.29 bits per heavy atom. The van der Waals surface area contributed by atoms with E-state index in [9.17, 15) is 12.8 Å². The van der Waals surface area contributed by atoms with Crippen molar-refractivity contribution in [2.45, 2.75) is 58.0 Å². The third-order valence-corrected chi connectivity index (χ3v) is 7.42. The minimum Gasteiger partial charge on any atom is -0.354 e. The largest absolute Gasteiger partial charge is 0.354 e. The summed E-state index contributed by atoms with van der Waals surface area (Å²) < 4.78 is 37.2. The molecule has 0 amide bonds. The van der Waals surface area contributed by atoms with Crippen LogP contribution in [0.1, 0.15) is 56.2 Å². The molecule has 8 heteroatoms. The van der Waals surface area contributed by atoms with Crippen LogP contribution < -0.4 is 10.6 Å². The minimum atomic E-state index is -2.89. The average molecular weight is 523 g/mol. The minimum absolute atomic E-state index is 0. The number of hydrogen-bond acceptors (Lipinski definition) is 3. The van der Waals surface area contributed by atoms with E-state index in [0.29, 0.717) is 30.5 Å². The maximum Gasteiger partial charge on any atom is 0.191 e. The van der Waals surface area contributed by atoms with E-state index in [-0.39, 0.29) is 53.3 Å². The van der Waals surface area contributed by atoms with E-state index >= 15 is 0 Å². The lowest BCUT2D eigenvalue weighted by molar-refractivity contribution is 0.569. The predicted molar refractivity (Wildman–Crippen MR) is 123 cm³/mol. The summed E-state index contributed by atoms with van der Waals surface area (Å²) in [5, 5.41) is 6.86. The zero-order chi connectivity index (χ0) is 19.4. The van der Waals surface area contributed by atoms with E-state index in [1.165, 1.54) is 12.8 Å². The van der Waals surface area contributed by atoms with E-state index < -0.39 is 9.84 Å². The first-order chi connectivity index (χ1) is 12.8. The van der Waals surface area contributed by atoms with Crippen LogP contribution in [0.4, 0.5) is 4.39 Å². The zero-order valence-corrected chi connectivity index (χ0v) is 19.7. The van der Waals surface area contributed by atoms with Crippen LogP contribution in [-0.2, 0) is 9.84 Å². The molecule has 0 bridgehead atoms. The molecule has 0 aromatic heterocycles. The van der Waals surface area contributed by atoms with Crippen LogP contribution in [0.5, 0.6) is 0 Å². The molecule has 2 N–H and O–H groups in total. The van der Waals surface area contributed by atoms with Gasteiger partial charge in [0.2, 0.25) is 0 Å². The lowest BCUT2D eigenvalue weighted by Crippen LogP contribution is -2.43. The summed E-state index contributed by atoms with van der Waals surface area (Å²) in [6.45, 7) is 4.23. The van der Waals surface area contributed by atoms with E-state index in [0.717, 1.165) is 18.4 Å². The number of aliphatic imine (C=N–C) groups is 1. The van der Waals surface area contributed by atoms with Gasteiger partial charge in [-0.2, -0.15) is 0 Å². The molecule has 2 aliphatic rings. The van der Waals surface area contributed by atoms with Crippen LogP contribution in [0.15, 0.2) is 23.2 Å². The van der Waals surface area contributed by atoms with E-state index in [2.05, 4.69) is 15.6 Å². The van der Waals surface area contributed by atoms with Gasteiger partial charge in [0.05, 0.1) is 17.5 Å². The van der Waals surface area contributed by atoms with Crippen molar-refractivity contribution in [3.63, 3.8) is 0 Å². The molecule has 1 aromatic rings. The van der Waals surface area contributed by atoms with Crippen molar-refractivity contribution in [1.82, 2.24) is 10.6 Å². The first-order valence-electron chi connectivity index (χ1n) is 9.86. The fourth-order valence-corrected chi connectivity index (χ4v) is 5.65. The summed E-state index contributed by atoms with van der Waals surface area (Å²) in [6.07, 6.45) is 5.34. The van der Waals surface area contributed by atoms with Crippen molar-refractivity contribution in [1.29, 1.82) is 0 Å². The number of benzene rings is 1. The Kier molecular flexibility index (Phi) is 8.54. The van der Waals surface area contributed by atoms with Gasteiger partial charge in [0.25, 0.3) is 0 Å². The Bertz CT molecular complexity index is 795. The molecule has 2 atom stereocenters. The van der Waals surface area contributed by atoms with Crippen molar-refractivity contribution in [3.8, 4) is 0 Å². The molecule has 5 nitrogen and oxygen atoms in total. The van der Waals surface area contributed by atoms with Crippen molar-refractivity contribution >= 4 is 39.8 Å². The van der Waals surface area contributed by atoms with Gasteiger partial charge in [-0.25, -0.2) is 12.8 Å². The highest BCUT2D eigenvalue weighted by Crippen LogP contribution is 2.21. The van der Waals surface area contributed by atoms with Gasteiger partial charge in [0.15, 0.2) is 15.8 Å². The van der Waals surface area contributed by atoms with Crippen LogP contribution in [0.25, 0.3) is 0 Å². The smallest absolute Gasteiger partial charge is 0.191 e. The second kappa shape index (κ2) is 10.2. The van der Waals surface area contributed by atoms with Crippen molar-refractivity contribution in [2.24, 2.45) is 10.9 Å². The van der Waals surface area contributed by atoms with Gasteiger partial charge < -0.3 is 10.6 Å². The molecule has 1 saturated heterocycles. The van der Waals surface area contributed by atoms with Gasteiger partial charge in [-0.05, 0) is 56.2 Å². The lowest BCUT2D eigenvalue weighted by atomic mass is 10.1. The van der Waals surface area contributed by atoms with Crippen LogP contribution in [-0.4, -0.2) is 38.5 Å². The standard InChI is InChI=1S/C20H30FN3O2S.HI/c1-14-7-8-17(11-19(14)21)15(2)23-20(24-18-5-3-4-6-18)22-12-16-9-10-27(25,26)13-16;/h7-8,11,15-16,18H,3-6,9-10,12-13H2,1-2H3,(H2,22,23,24);1H. The average Bonchev–Trinajstić information content (AvgIpc) is 3.24. The van der Waals surface area contributed by atoms with Crippen LogP contribution in [0.2, 0.25) is 0 Å². The lowest BCUT2D eigenvalue weighted by Gasteiger charge is -2.22. The first kappa shape index (κ1) is 23.4. The fraction of sp³-hybridized carbons (Fsp3) is 0.650. The van der Waals surface area contributed by atoms with Gasteiger partial charge in [0, 0.05) is 12.6 Å². The Morgan fingerprint density at radius 3 is 2.61 bits per heavy atom. The SMILES string of the molecule is Cc1ccc(C(C)NC(=NCC2CCS(=O)(=O)C2)NC2CCCC2)cc1F.I. The molecule has 1 heterocycles. The van der Waals surface area contributed by atoms with Crippen molar-refractivity contribution in [3.05, 3.63) is 35.1 Å². The second-order valence-electron chi connectivity index (χ2n) is 7.96. The van der Waals surface area contributed by atoms with Gasteiger partial charge in [-0.1, -0.05) is 25.0 Å². The molecule has 1 aliphatic heterocycles. The third-order valence-electron chi connectivity index (χ3n) is 5.58. The number of sulfone groups is 1. The van der Waals surface area contributed by atoms with Crippen LogP contribution >= 0.6 is 24.0 Å². The van der Waals surface area contributed by atoms with Crippen molar-refractivity contribution < 1.29 is 12.8 Å². The van der Waals surface area contributed by atoms with Gasteiger partial charge in [-0.15, -0.1) is 24.0 Å². The summed E-state index contributed by atoms with van der Waals surface area (Å²) in [4.78, 5) is 4.68. The number of nitrogens with zero attached hydrogens (tertiary/aromatic N) is 1. The van der Waals surface area contributed by atoms with E-state index in [1.807, 2.05) is 13.0 Å². The molecule has 2 unspecified atom stereocenters. The monoisotopic (exact) mass is 523 g/mol. The van der Waals surface area contributed by atoms with Crippen molar-refractivity contribution in [2.75, 3.05) is 18.1 Å². The molecule has 2 fully saturated rings. The van der Waals surface area contributed by atoms with Crippen LogP contribution in [0, 0.1) is 18.7 Å². The zero-order valence-electron chi connectivity index (χ0n) is 16.6.